The van der Waals surface area contributed by atoms with Gasteiger partial charge in [0, 0.05) is 20.6 Å². The van der Waals surface area contributed by atoms with Crippen molar-refractivity contribution in [3.8, 4) is 0 Å². The Labute approximate surface area is 241 Å². The van der Waals surface area contributed by atoms with Gasteiger partial charge in [-0.15, -0.1) is 0 Å². The number of rotatable bonds is 6. The molecule has 0 heterocycles. The maximum absolute atomic E-state index is 2.93. The van der Waals surface area contributed by atoms with Crippen molar-refractivity contribution < 1.29 is 26.2 Å². The number of fused-ring (bicyclic) bond motifs is 2. The second-order valence-electron chi connectivity index (χ2n) is 11.5. The predicted molar refractivity (Wildman–Crippen MR) is 160 cm³/mol. The molecule has 0 aromatic rings. The summed E-state index contributed by atoms with van der Waals surface area (Å²) < 4.78 is 1.03. The summed E-state index contributed by atoms with van der Waals surface area (Å²) in [5.74, 6) is 6.71. The Morgan fingerprint density at radius 3 is 2.16 bits per heavy atom. The summed E-state index contributed by atoms with van der Waals surface area (Å²) in [6, 6.07) is 0. The fraction of sp³-hybridized carbons (Fsp3) is 0.857. The van der Waals surface area contributed by atoms with E-state index in [1.165, 1.54) is 23.9 Å². The fourth-order valence-electron chi connectivity index (χ4n) is 8.65. The fourth-order valence-corrected chi connectivity index (χ4v) is 23.6. The smallest absolute Gasteiger partial charge is 0.358 e. The number of hydrogen-bond acceptors (Lipinski definition) is 0. The zero-order chi connectivity index (χ0) is 19.1. The van der Waals surface area contributed by atoms with Gasteiger partial charge in [0.15, 0.2) is 0 Å². The van der Waals surface area contributed by atoms with Crippen LogP contribution in [0.3, 0.4) is 0 Å². The Balaban J connectivity index is 0. The van der Waals surface area contributed by atoms with E-state index < -0.39 is 16.6 Å². The molecule has 0 aromatic carbocycles. The summed E-state index contributed by atoms with van der Waals surface area (Å²) in [6.45, 7) is 10.8. The molecule has 4 aliphatic rings. The van der Waals surface area contributed by atoms with Gasteiger partial charge in [-0.2, -0.15) is 0 Å². The molecular weight excluding hydrogens is 611 g/mol. The van der Waals surface area contributed by atoms with Crippen molar-refractivity contribution in [2.45, 2.75) is 113 Å². The quantitative estimate of drug-likeness (QED) is 0.115. The number of alkyl halides is 1. The van der Waals surface area contributed by atoms with Crippen molar-refractivity contribution in [3.05, 3.63) is 29.7 Å². The van der Waals surface area contributed by atoms with Crippen LogP contribution in [0.2, 0.25) is 24.2 Å². The van der Waals surface area contributed by atoms with Crippen LogP contribution in [0, 0.1) is 65.2 Å². The van der Waals surface area contributed by atoms with Crippen LogP contribution in [-0.4, -0.2) is 20.6 Å². The molecule has 11 unspecified atom stereocenters. The van der Waals surface area contributed by atoms with E-state index in [0.717, 1.165) is 39.4 Å². The normalized spacial score (nSPS) is 41.3. The third-order valence-electron chi connectivity index (χ3n) is 10.2. The van der Waals surface area contributed by atoms with E-state index in [9.17, 15) is 0 Å². The van der Waals surface area contributed by atoms with Gasteiger partial charge < -0.3 is 29.7 Å². The summed E-state index contributed by atoms with van der Waals surface area (Å²) in [4.78, 5) is 0. The molecule has 0 radical (unpaired) electrons. The van der Waals surface area contributed by atoms with Gasteiger partial charge in [0.1, 0.15) is 0 Å². The second kappa shape index (κ2) is 16.0. The van der Waals surface area contributed by atoms with Crippen molar-refractivity contribution in [2.24, 2.45) is 35.5 Å². The molecule has 4 rings (SSSR count). The minimum Gasteiger partial charge on any atom is -0.358 e. The summed E-state index contributed by atoms with van der Waals surface area (Å²) in [7, 11) is -1.03. The molecule has 11 atom stereocenters. The molecule has 0 N–H and O–H groups in total. The third kappa shape index (κ3) is 7.30. The molecule has 4 heteroatoms. The first-order chi connectivity index (χ1) is 13.0. The molecule has 188 valence electrons. The molecule has 4 aliphatic carbocycles. The van der Waals surface area contributed by atoms with E-state index in [0.29, 0.717) is 0 Å². The third-order valence-corrected chi connectivity index (χ3v) is 26.1. The van der Waals surface area contributed by atoms with E-state index in [-0.39, 0.29) is 55.9 Å². The number of hydrogen-bond donors (Lipinski definition) is 0. The Morgan fingerprint density at radius 2 is 1.50 bits per heavy atom. The molecule has 0 aliphatic heterocycles. The van der Waals surface area contributed by atoms with Gasteiger partial charge in [-0.3, -0.25) is 0 Å². The van der Waals surface area contributed by atoms with Crippen molar-refractivity contribution in [1.82, 2.24) is 0 Å². The summed E-state index contributed by atoms with van der Waals surface area (Å²) in [5, 5.41) is 0. The molecule has 0 amide bonds. The van der Waals surface area contributed by atoms with Crippen LogP contribution < -0.4 is 0 Å². The van der Waals surface area contributed by atoms with E-state index in [1.807, 2.05) is 0 Å². The SMILES string of the molecule is CCCCC1CCC([SiH](C)[SiH](C)C2C(C)CC3C(I)C4CCCC4CC32)C1.[CH3-].[CH3-].[CH3-].[CH3-].[Zr+4]. The Morgan fingerprint density at radius 1 is 0.812 bits per heavy atom. The molecule has 0 bridgehead atoms. The first kappa shape index (κ1) is 36.2. The van der Waals surface area contributed by atoms with Gasteiger partial charge in [0.05, 0.1) is 0 Å². The van der Waals surface area contributed by atoms with Crippen LogP contribution in [0.4, 0.5) is 0 Å². The first-order valence-electron chi connectivity index (χ1n) is 12.6. The molecule has 0 saturated heterocycles. The molecule has 4 fully saturated rings. The van der Waals surface area contributed by atoms with E-state index in [2.05, 4.69) is 49.5 Å². The van der Waals surface area contributed by atoms with Crippen molar-refractivity contribution >= 4 is 39.2 Å². The summed E-state index contributed by atoms with van der Waals surface area (Å²) in [5.41, 5.74) is 2.46. The molecule has 0 aromatic heterocycles. The Bertz CT molecular complexity index is 504. The van der Waals surface area contributed by atoms with Gasteiger partial charge in [-0.25, -0.2) is 0 Å². The van der Waals surface area contributed by atoms with Gasteiger partial charge in [-0.1, -0.05) is 106 Å². The van der Waals surface area contributed by atoms with Crippen LogP contribution in [0.1, 0.15) is 84.5 Å². The molecule has 32 heavy (non-hydrogen) atoms. The van der Waals surface area contributed by atoms with Gasteiger partial charge in [-0.05, 0) is 60.3 Å². The summed E-state index contributed by atoms with van der Waals surface area (Å²) in [6.07, 6.45) is 17.3. The Kier molecular flexibility index (Phi) is 18.1. The minimum atomic E-state index is -0.538. The average Bonchev–Trinajstić information content (AvgIpc) is 3.37. The second-order valence-corrected chi connectivity index (χ2v) is 24.3. The number of halogens is 1. The monoisotopic (exact) mass is 666 g/mol. The largest absolute Gasteiger partial charge is 4.00 e. The summed E-state index contributed by atoms with van der Waals surface area (Å²) >= 11 is 2.93. The topological polar surface area (TPSA) is 0 Å². The molecule has 0 nitrogen and oxygen atoms in total. The molecule has 0 spiro atoms. The van der Waals surface area contributed by atoms with Crippen LogP contribution >= 0.6 is 22.6 Å². The van der Waals surface area contributed by atoms with Crippen LogP contribution in [-0.2, 0) is 26.2 Å². The van der Waals surface area contributed by atoms with Crippen LogP contribution in [0.25, 0.3) is 0 Å². The van der Waals surface area contributed by atoms with Crippen molar-refractivity contribution in [2.75, 3.05) is 0 Å². The Hall–Kier alpha value is 2.05. The van der Waals surface area contributed by atoms with Gasteiger partial charge >= 0.3 is 26.2 Å². The standard InChI is InChI=1S/C24H45ISi2.4CH3.Zr/c1-5-6-8-17-11-12-19(14-17)26(3)27(4)24-16(2)13-21-22(24)15-18-9-7-10-20(18)23(21)25;;;;;/h16-24,26-27H,5-15H2,1-4H3;4*1H3;/q;4*-1;+4. The minimum absolute atomic E-state index is 0. The van der Waals surface area contributed by atoms with Crippen LogP contribution in [0.5, 0.6) is 0 Å². The van der Waals surface area contributed by atoms with E-state index in [4.69, 9.17) is 0 Å². The maximum atomic E-state index is 2.93. The maximum Gasteiger partial charge on any atom is 4.00 e. The predicted octanol–water partition coefficient (Wildman–Crippen LogP) is 9.20. The van der Waals surface area contributed by atoms with Crippen molar-refractivity contribution in [3.63, 3.8) is 0 Å². The zero-order valence-electron chi connectivity index (χ0n) is 23.0. The van der Waals surface area contributed by atoms with Crippen molar-refractivity contribution in [1.29, 1.82) is 0 Å². The van der Waals surface area contributed by atoms with Gasteiger partial charge in [0.25, 0.3) is 0 Å². The number of unbranched alkanes of at least 4 members (excludes halogenated alkanes) is 1. The van der Waals surface area contributed by atoms with E-state index in [1.54, 1.807) is 57.8 Å². The van der Waals surface area contributed by atoms with Crippen LogP contribution in [0.15, 0.2) is 0 Å². The van der Waals surface area contributed by atoms with Gasteiger partial charge in [0.2, 0.25) is 0 Å². The average molecular weight is 668 g/mol. The zero-order valence-corrected chi connectivity index (χ0v) is 29.9. The first-order valence-corrected chi connectivity index (χ1v) is 20.2. The van der Waals surface area contributed by atoms with E-state index >= 15 is 0 Å². The molecule has 4 saturated carbocycles. The molecular formula is C28H57ISi2Zr.